The standard InChI is InChI=1S/C17H21N3O2/c18-9-11-2-1-3-13(11)16(21)19-12-6-7-15-14(8-12)20-17(22-15)10-4-5-10/h6-8,10-11,13H,1-5,9,18H2,(H,19,21)/t11-,13-/m1/s1. The number of carbonyl (C=O) groups excluding carboxylic acids is 1. The molecule has 2 aromatic rings. The second-order valence-corrected chi connectivity index (χ2v) is 6.53. The van der Waals surface area contributed by atoms with Crippen LogP contribution in [0.3, 0.4) is 0 Å². The van der Waals surface area contributed by atoms with Crippen molar-refractivity contribution < 1.29 is 9.21 Å². The minimum atomic E-state index is 0.0417. The minimum absolute atomic E-state index is 0.0417. The molecule has 2 aliphatic rings. The van der Waals surface area contributed by atoms with Gasteiger partial charge in [-0.2, -0.15) is 0 Å². The van der Waals surface area contributed by atoms with Crippen molar-refractivity contribution in [1.82, 2.24) is 4.98 Å². The maximum Gasteiger partial charge on any atom is 0.227 e. The maximum atomic E-state index is 12.4. The zero-order valence-electron chi connectivity index (χ0n) is 12.5. The van der Waals surface area contributed by atoms with Gasteiger partial charge in [0.1, 0.15) is 5.52 Å². The number of nitrogens with zero attached hydrogens (tertiary/aromatic N) is 1. The summed E-state index contributed by atoms with van der Waals surface area (Å²) in [7, 11) is 0. The Labute approximate surface area is 129 Å². The molecule has 0 unspecified atom stereocenters. The zero-order chi connectivity index (χ0) is 15.1. The van der Waals surface area contributed by atoms with Gasteiger partial charge in [0.15, 0.2) is 11.5 Å². The summed E-state index contributed by atoms with van der Waals surface area (Å²) in [4.78, 5) is 17.0. The molecule has 2 aliphatic carbocycles. The van der Waals surface area contributed by atoms with Gasteiger partial charge in [-0.1, -0.05) is 6.42 Å². The molecular formula is C17H21N3O2. The molecule has 1 amide bonds. The van der Waals surface area contributed by atoms with Crippen molar-refractivity contribution in [2.45, 2.75) is 38.0 Å². The SMILES string of the molecule is NC[C@H]1CCC[C@H]1C(=O)Nc1ccc2oc(C3CC3)nc2c1. The van der Waals surface area contributed by atoms with Crippen LogP contribution in [0.4, 0.5) is 5.69 Å². The number of aromatic nitrogens is 1. The van der Waals surface area contributed by atoms with Crippen molar-refractivity contribution >= 4 is 22.7 Å². The summed E-state index contributed by atoms with van der Waals surface area (Å²) in [5.74, 6) is 1.77. The first-order valence-electron chi connectivity index (χ1n) is 8.16. The van der Waals surface area contributed by atoms with Gasteiger partial charge in [-0.05, 0) is 56.3 Å². The van der Waals surface area contributed by atoms with Gasteiger partial charge in [0.25, 0.3) is 0 Å². The normalized spacial score (nSPS) is 24.8. The molecule has 5 nitrogen and oxygen atoms in total. The molecule has 1 heterocycles. The monoisotopic (exact) mass is 299 g/mol. The van der Waals surface area contributed by atoms with Crippen molar-refractivity contribution in [2.24, 2.45) is 17.6 Å². The molecule has 0 bridgehead atoms. The predicted molar refractivity (Wildman–Crippen MR) is 84.5 cm³/mol. The number of benzene rings is 1. The van der Waals surface area contributed by atoms with Crippen molar-refractivity contribution in [1.29, 1.82) is 0 Å². The van der Waals surface area contributed by atoms with E-state index in [4.69, 9.17) is 10.2 Å². The first kappa shape index (κ1) is 13.8. The van der Waals surface area contributed by atoms with Gasteiger partial charge in [0, 0.05) is 17.5 Å². The summed E-state index contributed by atoms with van der Waals surface area (Å²) in [6.45, 7) is 0.588. The Morgan fingerprint density at radius 2 is 2.18 bits per heavy atom. The highest BCUT2D eigenvalue weighted by Crippen LogP contribution is 2.40. The molecule has 0 saturated heterocycles. The second-order valence-electron chi connectivity index (χ2n) is 6.53. The third kappa shape index (κ3) is 2.50. The van der Waals surface area contributed by atoms with Crippen LogP contribution >= 0.6 is 0 Å². The van der Waals surface area contributed by atoms with Crippen molar-refractivity contribution in [3.8, 4) is 0 Å². The molecule has 5 heteroatoms. The molecule has 2 atom stereocenters. The first-order chi connectivity index (χ1) is 10.7. The van der Waals surface area contributed by atoms with Crippen LogP contribution in [0, 0.1) is 11.8 Å². The van der Waals surface area contributed by atoms with E-state index in [2.05, 4.69) is 10.3 Å². The molecule has 0 radical (unpaired) electrons. The van der Waals surface area contributed by atoms with E-state index in [9.17, 15) is 4.79 Å². The highest BCUT2D eigenvalue weighted by atomic mass is 16.3. The Kier molecular flexibility index (Phi) is 3.37. The van der Waals surface area contributed by atoms with Crippen molar-refractivity contribution in [2.75, 3.05) is 11.9 Å². The number of carbonyl (C=O) groups is 1. The van der Waals surface area contributed by atoms with E-state index in [1.165, 1.54) is 12.8 Å². The molecule has 1 aromatic carbocycles. The van der Waals surface area contributed by atoms with Gasteiger partial charge in [0.2, 0.25) is 5.91 Å². The molecule has 4 rings (SSSR count). The average molecular weight is 299 g/mol. The lowest BCUT2D eigenvalue weighted by molar-refractivity contribution is -0.120. The second kappa shape index (κ2) is 5.39. The Hall–Kier alpha value is -1.88. The van der Waals surface area contributed by atoms with E-state index >= 15 is 0 Å². The molecule has 0 spiro atoms. The van der Waals surface area contributed by atoms with Crippen LogP contribution in [0.15, 0.2) is 22.6 Å². The molecule has 22 heavy (non-hydrogen) atoms. The largest absolute Gasteiger partial charge is 0.440 e. The quantitative estimate of drug-likeness (QED) is 0.909. The lowest BCUT2D eigenvalue weighted by atomic mass is 9.95. The van der Waals surface area contributed by atoms with Crippen LogP contribution in [-0.2, 0) is 4.79 Å². The summed E-state index contributed by atoms with van der Waals surface area (Å²) in [6, 6.07) is 5.67. The van der Waals surface area contributed by atoms with Crippen molar-refractivity contribution in [3.05, 3.63) is 24.1 Å². The van der Waals surface area contributed by atoms with E-state index in [-0.39, 0.29) is 11.8 Å². The summed E-state index contributed by atoms with van der Waals surface area (Å²) < 4.78 is 5.75. The minimum Gasteiger partial charge on any atom is -0.440 e. The molecule has 116 valence electrons. The van der Waals surface area contributed by atoms with Gasteiger partial charge in [0.05, 0.1) is 0 Å². The molecule has 0 aliphatic heterocycles. The third-order valence-electron chi connectivity index (χ3n) is 4.90. The van der Waals surface area contributed by atoms with Gasteiger partial charge in [-0.25, -0.2) is 4.98 Å². The number of hydrogen-bond acceptors (Lipinski definition) is 4. The van der Waals surface area contributed by atoms with Crippen LogP contribution in [0.5, 0.6) is 0 Å². The summed E-state index contributed by atoms with van der Waals surface area (Å²) >= 11 is 0. The Morgan fingerprint density at radius 3 is 2.95 bits per heavy atom. The third-order valence-corrected chi connectivity index (χ3v) is 4.90. The van der Waals surface area contributed by atoms with Crippen molar-refractivity contribution in [3.63, 3.8) is 0 Å². The molecule has 1 aromatic heterocycles. The van der Waals surface area contributed by atoms with Crippen LogP contribution < -0.4 is 11.1 Å². The fourth-order valence-electron chi connectivity index (χ4n) is 3.43. The Bertz CT molecular complexity index is 705. The number of oxazole rings is 1. The summed E-state index contributed by atoms with van der Waals surface area (Å²) in [5, 5.41) is 3.02. The highest BCUT2D eigenvalue weighted by molar-refractivity contribution is 5.94. The van der Waals surface area contributed by atoms with Crippen LogP contribution in [0.1, 0.15) is 43.9 Å². The zero-order valence-corrected chi connectivity index (χ0v) is 12.5. The number of amides is 1. The summed E-state index contributed by atoms with van der Waals surface area (Å²) in [5.41, 5.74) is 8.17. The number of nitrogens with one attached hydrogen (secondary N) is 1. The smallest absolute Gasteiger partial charge is 0.227 e. The maximum absolute atomic E-state index is 12.4. The fraction of sp³-hybridized carbons (Fsp3) is 0.529. The number of anilines is 1. The van der Waals surface area contributed by atoms with Gasteiger partial charge >= 0.3 is 0 Å². The van der Waals surface area contributed by atoms with E-state index in [1.807, 2.05) is 18.2 Å². The van der Waals surface area contributed by atoms with Gasteiger partial charge in [-0.15, -0.1) is 0 Å². The number of hydrogen-bond donors (Lipinski definition) is 2. The molecular weight excluding hydrogens is 278 g/mol. The van der Waals surface area contributed by atoms with E-state index < -0.39 is 0 Å². The Balaban J connectivity index is 1.52. The van der Waals surface area contributed by atoms with Gasteiger partial charge < -0.3 is 15.5 Å². The summed E-state index contributed by atoms with van der Waals surface area (Å²) in [6.07, 6.45) is 5.41. The average Bonchev–Trinajstić information content (AvgIpc) is 3.11. The lowest BCUT2D eigenvalue weighted by Crippen LogP contribution is -2.29. The van der Waals surface area contributed by atoms with E-state index in [1.54, 1.807) is 0 Å². The van der Waals surface area contributed by atoms with Crippen LogP contribution in [-0.4, -0.2) is 17.4 Å². The van der Waals surface area contributed by atoms with Crippen LogP contribution in [0.25, 0.3) is 11.1 Å². The molecule has 2 fully saturated rings. The highest BCUT2D eigenvalue weighted by Gasteiger charge is 2.32. The number of rotatable bonds is 4. The topological polar surface area (TPSA) is 81.2 Å². The fourth-order valence-corrected chi connectivity index (χ4v) is 3.43. The molecule has 2 saturated carbocycles. The van der Waals surface area contributed by atoms with E-state index in [0.717, 1.165) is 41.9 Å². The molecule has 3 N–H and O–H groups in total. The van der Waals surface area contributed by atoms with E-state index in [0.29, 0.717) is 18.4 Å². The Morgan fingerprint density at radius 1 is 1.32 bits per heavy atom. The predicted octanol–water partition coefficient (Wildman–Crippen LogP) is 3.02. The number of nitrogens with two attached hydrogens (primary N) is 1. The van der Waals surface area contributed by atoms with Gasteiger partial charge in [-0.3, -0.25) is 4.79 Å². The van der Waals surface area contributed by atoms with Crippen LogP contribution in [0.2, 0.25) is 0 Å². The lowest BCUT2D eigenvalue weighted by Gasteiger charge is -2.17. The first-order valence-corrected chi connectivity index (χ1v) is 8.16. The number of fused-ring (bicyclic) bond motifs is 1.